The Morgan fingerprint density at radius 2 is 1.50 bits per heavy atom. The van der Waals surface area contributed by atoms with E-state index in [0.717, 1.165) is 73.1 Å². The third kappa shape index (κ3) is 7.73. The first-order valence-electron chi connectivity index (χ1n) is 17.7. The number of ether oxygens (including phenoxy) is 1. The van der Waals surface area contributed by atoms with Crippen molar-refractivity contribution in [2.24, 2.45) is 5.92 Å². The Labute approximate surface area is 283 Å². The van der Waals surface area contributed by atoms with E-state index in [1.54, 1.807) is 4.90 Å². The molecular formula is C37H51N5O6. The summed E-state index contributed by atoms with van der Waals surface area (Å²) in [6.07, 6.45) is 4.55. The summed E-state index contributed by atoms with van der Waals surface area (Å²) in [5.41, 5.74) is 4.25. The van der Waals surface area contributed by atoms with Crippen LogP contribution in [0.3, 0.4) is 0 Å². The van der Waals surface area contributed by atoms with Gasteiger partial charge in [-0.15, -0.1) is 0 Å². The molecule has 4 aliphatic heterocycles. The van der Waals surface area contributed by atoms with Crippen LogP contribution >= 0.6 is 0 Å². The average molecular weight is 662 g/mol. The second-order valence-corrected chi connectivity index (χ2v) is 14.1. The number of benzene rings is 2. The van der Waals surface area contributed by atoms with E-state index in [1.165, 1.54) is 0 Å². The van der Waals surface area contributed by atoms with Gasteiger partial charge in [-0.1, -0.05) is 30.3 Å². The summed E-state index contributed by atoms with van der Waals surface area (Å²) in [5, 5.41) is 22.9. The minimum Gasteiger partial charge on any atom is -0.507 e. The molecule has 3 N–H and O–H groups in total. The maximum atomic E-state index is 14.0. The molecule has 3 fully saturated rings. The quantitative estimate of drug-likeness (QED) is 0.404. The van der Waals surface area contributed by atoms with E-state index in [4.69, 9.17) is 4.74 Å². The molecule has 0 radical (unpaired) electrons. The van der Waals surface area contributed by atoms with Crippen molar-refractivity contribution in [3.8, 4) is 5.75 Å². The lowest BCUT2D eigenvalue weighted by Gasteiger charge is -2.42. The first-order valence-corrected chi connectivity index (χ1v) is 17.7. The number of aromatic hydroxyl groups is 1. The number of urea groups is 1. The first-order chi connectivity index (χ1) is 23.2. The number of aryl methyl sites for hydroxylation is 2. The van der Waals surface area contributed by atoms with Gasteiger partial charge in [-0.3, -0.25) is 4.79 Å². The molecule has 0 aromatic heterocycles. The summed E-state index contributed by atoms with van der Waals surface area (Å²) in [4.78, 5) is 48.6. The number of carbonyl (C=O) groups is 3. The zero-order valence-electron chi connectivity index (χ0n) is 28.4. The predicted molar refractivity (Wildman–Crippen MR) is 183 cm³/mol. The highest BCUT2D eigenvalue weighted by Gasteiger charge is 2.36. The highest BCUT2D eigenvalue weighted by atomic mass is 16.6. The molecule has 6 rings (SSSR count). The number of phenolic OH excluding ortho intramolecular Hbond substituents is 1. The number of aliphatic hydroxyl groups is 1. The van der Waals surface area contributed by atoms with Crippen molar-refractivity contribution in [3.63, 3.8) is 0 Å². The molecule has 0 aliphatic carbocycles. The Morgan fingerprint density at radius 3 is 2.17 bits per heavy atom. The average Bonchev–Trinajstić information content (AvgIpc) is 3.28. The molecule has 4 aliphatic rings. The molecule has 2 aromatic carbocycles. The maximum Gasteiger partial charge on any atom is 0.410 e. The minimum atomic E-state index is -0.981. The molecule has 260 valence electrons. The first kappa shape index (κ1) is 34.0. The molecule has 0 bridgehead atoms. The van der Waals surface area contributed by atoms with E-state index in [-0.39, 0.29) is 36.8 Å². The second-order valence-electron chi connectivity index (χ2n) is 14.1. The van der Waals surface area contributed by atoms with Gasteiger partial charge in [0.1, 0.15) is 5.75 Å². The summed E-state index contributed by atoms with van der Waals surface area (Å²) in [7, 11) is 0. The minimum absolute atomic E-state index is 0.0134. The summed E-state index contributed by atoms with van der Waals surface area (Å²) in [5.74, 6) is 0.441. The third-order valence-corrected chi connectivity index (χ3v) is 11.0. The molecule has 3 saturated heterocycles. The summed E-state index contributed by atoms with van der Waals surface area (Å²) in [6, 6.07) is 11.9. The van der Waals surface area contributed by atoms with Gasteiger partial charge in [0.2, 0.25) is 0 Å². The lowest BCUT2D eigenvalue weighted by molar-refractivity contribution is -0.142. The lowest BCUT2D eigenvalue weighted by Crippen LogP contribution is -2.53. The van der Waals surface area contributed by atoms with Crippen molar-refractivity contribution in [1.82, 2.24) is 19.6 Å². The molecule has 11 nitrogen and oxygen atoms in total. The third-order valence-electron chi connectivity index (χ3n) is 11.0. The monoisotopic (exact) mass is 661 g/mol. The number of phenols is 1. The van der Waals surface area contributed by atoms with E-state index in [9.17, 15) is 24.6 Å². The molecule has 4 amide bonds. The van der Waals surface area contributed by atoms with E-state index in [0.29, 0.717) is 57.5 Å². The zero-order chi connectivity index (χ0) is 33.8. The van der Waals surface area contributed by atoms with Gasteiger partial charge in [-0.25, -0.2) is 9.59 Å². The van der Waals surface area contributed by atoms with Gasteiger partial charge in [0.25, 0.3) is 5.91 Å². The van der Waals surface area contributed by atoms with Crippen molar-refractivity contribution in [2.45, 2.75) is 83.4 Å². The number of likely N-dealkylation sites (tertiary alicyclic amines) is 3. The lowest BCUT2D eigenvalue weighted by atomic mass is 9.94. The van der Waals surface area contributed by atoms with Crippen LogP contribution < -0.4 is 5.32 Å². The van der Waals surface area contributed by atoms with Crippen molar-refractivity contribution in [1.29, 1.82) is 0 Å². The smallest absolute Gasteiger partial charge is 0.410 e. The Balaban J connectivity index is 1.07. The molecule has 0 spiro atoms. The number of para-hydroxylation sites is 1. The Kier molecular flexibility index (Phi) is 10.8. The van der Waals surface area contributed by atoms with Gasteiger partial charge in [0, 0.05) is 63.5 Å². The van der Waals surface area contributed by atoms with Crippen LogP contribution in [0.2, 0.25) is 0 Å². The number of fused-ring (bicyclic) bond motifs is 1. The van der Waals surface area contributed by atoms with Gasteiger partial charge in [-0.2, -0.15) is 0 Å². The number of amides is 4. The largest absolute Gasteiger partial charge is 0.507 e. The van der Waals surface area contributed by atoms with E-state index < -0.39 is 12.2 Å². The molecule has 0 unspecified atom stereocenters. The van der Waals surface area contributed by atoms with Gasteiger partial charge in [-0.05, 0) is 106 Å². The van der Waals surface area contributed by atoms with Gasteiger partial charge < -0.3 is 39.9 Å². The van der Waals surface area contributed by atoms with Crippen LogP contribution in [-0.2, 0) is 22.4 Å². The number of carbonyl (C=O) groups excluding carboxylic acids is 3. The van der Waals surface area contributed by atoms with E-state index in [1.807, 2.05) is 60.0 Å². The number of aliphatic hydroxyl groups excluding tert-OH is 1. The highest BCUT2D eigenvalue weighted by molar-refractivity contribution is 5.91. The van der Waals surface area contributed by atoms with E-state index >= 15 is 0 Å². The molecular weight excluding hydrogens is 610 g/mol. The Hall–Kier alpha value is -3.83. The van der Waals surface area contributed by atoms with Crippen molar-refractivity contribution in [3.05, 3.63) is 58.7 Å². The summed E-state index contributed by atoms with van der Waals surface area (Å²) >= 11 is 0. The van der Waals surface area contributed by atoms with Crippen LogP contribution in [0.4, 0.5) is 15.3 Å². The molecule has 4 heterocycles. The number of rotatable bonds is 7. The number of anilines is 1. The number of nitrogens with zero attached hydrogens (tertiary/aromatic N) is 4. The predicted octanol–water partition coefficient (Wildman–Crippen LogP) is 4.31. The van der Waals surface area contributed by atoms with Crippen molar-refractivity contribution < 1.29 is 29.3 Å². The van der Waals surface area contributed by atoms with Crippen LogP contribution in [0.1, 0.15) is 60.8 Å². The normalized spacial score (nSPS) is 21.0. The fourth-order valence-corrected chi connectivity index (χ4v) is 8.01. The SMILES string of the molecule is Cc1cc(C[C@@H](OC(=O)N2CCC(N3CCc4ccccc4NC3=O)CC2)C(=O)N2CCC(N3CCC(CO)CC3)CC2)cc(C)c1O. The van der Waals surface area contributed by atoms with Crippen LogP contribution in [0.5, 0.6) is 5.75 Å². The standard InChI is InChI=1S/C37H51N5O6/c1-25-21-28(22-26(2)34(25)44)23-33(35(45)40-16-10-30(11-17-40)39-14-7-27(24-43)8-15-39)48-37(47)41-18-12-31(13-19-41)42-20-9-29-5-3-4-6-32(29)38-36(42)46/h3-6,21-22,27,30-31,33,43-44H,7-20,23-24H2,1-2H3,(H,38,46)/t33-/m1/s1. The van der Waals surface area contributed by atoms with Gasteiger partial charge in [0.05, 0.1) is 0 Å². The molecule has 0 saturated carbocycles. The van der Waals surface area contributed by atoms with Crippen molar-refractivity contribution >= 4 is 23.7 Å². The van der Waals surface area contributed by atoms with Gasteiger partial charge in [0.15, 0.2) is 6.10 Å². The van der Waals surface area contributed by atoms with Crippen LogP contribution in [0, 0.1) is 19.8 Å². The van der Waals surface area contributed by atoms with Crippen molar-refractivity contribution in [2.75, 3.05) is 57.7 Å². The fraction of sp³-hybridized carbons (Fsp3) is 0.595. The zero-order valence-corrected chi connectivity index (χ0v) is 28.4. The fourth-order valence-electron chi connectivity index (χ4n) is 8.01. The Morgan fingerprint density at radius 1 is 0.875 bits per heavy atom. The molecule has 11 heteroatoms. The topological polar surface area (TPSA) is 126 Å². The summed E-state index contributed by atoms with van der Waals surface area (Å²) in [6.45, 7) is 8.60. The highest BCUT2D eigenvalue weighted by Crippen LogP contribution is 2.28. The second kappa shape index (κ2) is 15.2. The van der Waals surface area contributed by atoms with Crippen LogP contribution in [-0.4, -0.2) is 118 Å². The van der Waals surface area contributed by atoms with Gasteiger partial charge >= 0.3 is 12.1 Å². The number of piperidine rings is 3. The van der Waals surface area contributed by atoms with E-state index in [2.05, 4.69) is 10.2 Å². The summed E-state index contributed by atoms with van der Waals surface area (Å²) < 4.78 is 6.06. The van der Waals surface area contributed by atoms with Crippen LogP contribution in [0.15, 0.2) is 36.4 Å². The molecule has 1 atom stereocenters. The molecule has 48 heavy (non-hydrogen) atoms. The maximum absolute atomic E-state index is 14.0. The Bertz CT molecular complexity index is 1440. The number of hydrogen-bond acceptors (Lipinski definition) is 7. The molecule has 2 aromatic rings. The number of hydrogen-bond donors (Lipinski definition) is 3. The van der Waals surface area contributed by atoms with Crippen LogP contribution in [0.25, 0.3) is 0 Å². The number of nitrogens with one attached hydrogen (secondary N) is 1.